The van der Waals surface area contributed by atoms with Gasteiger partial charge in [0.1, 0.15) is 0 Å². The van der Waals surface area contributed by atoms with E-state index in [4.69, 9.17) is 10.6 Å². The summed E-state index contributed by atoms with van der Waals surface area (Å²) in [6, 6.07) is 0.471. The van der Waals surface area contributed by atoms with Gasteiger partial charge in [-0.15, -0.1) is 0 Å². The molecule has 2 heterocycles. The Morgan fingerprint density at radius 2 is 2.40 bits per heavy atom. The van der Waals surface area contributed by atoms with Crippen molar-refractivity contribution in [1.82, 2.24) is 10.3 Å². The van der Waals surface area contributed by atoms with Crippen molar-refractivity contribution in [2.75, 3.05) is 26.2 Å². The van der Waals surface area contributed by atoms with Crippen LogP contribution in [0.2, 0.25) is 0 Å². The molecule has 4 nitrogen and oxygen atoms in total. The van der Waals surface area contributed by atoms with E-state index in [1.807, 2.05) is 5.01 Å². The molecule has 0 amide bonds. The minimum atomic E-state index is 0.332. The van der Waals surface area contributed by atoms with Crippen molar-refractivity contribution in [3.05, 3.63) is 0 Å². The first-order valence-corrected chi connectivity index (χ1v) is 3.71. The second-order valence-corrected chi connectivity index (χ2v) is 2.92. The minimum Gasteiger partial charge on any atom is -0.374 e. The van der Waals surface area contributed by atoms with Gasteiger partial charge < -0.3 is 10.1 Å². The Morgan fingerprint density at radius 1 is 1.50 bits per heavy atom. The lowest BCUT2D eigenvalue weighted by molar-refractivity contribution is 0.0177. The molecular formula is C6H13N3O. The fraction of sp³-hybridized carbons (Fsp3) is 1.00. The van der Waals surface area contributed by atoms with Gasteiger partial charge in [-0.2, -0.15) is 0 Å². The summed E-state index contributed by atoms with van der Waals surface area (Å²) in [6.07, 6.45) is 0.332. The van der Waals surface area contributed by atoms with Gasteiger partial charge in [-0.1, -0.05) is 0 Å². The average Bonchev–Trinajstić information content (AvgIpc) is 2.27. The van der Waals surface area contributed by atoms with Crippen molar-refractivity contribution in [2.24, 2.45) is 5.84 Å². The van der Waals surface area contributed by atoms with Gasteiger partial charge in [0.2, 0.25) is 0 Å². The van der Waals surface area contributed by atoms with Gasteiger partial charge in [-0.3, -0.25) is 5.84 Å². The number of morpholine rings is 1. The fourth-order valence-corrected chi connectivity index (χ4v) is 1.62. The lowest BCUT2D eigenvalue weighted by Gasteiger charge is -2.25. The normalized spacial score (nSPS) is 41.7. The maximum Gasteiger partial charge on any atom is 0.0882 e. The second-order valence-electron chi connectivity index (χ2n) is 2.92. The number of ether oxygens (including phenoxy) is 1. The van der Waals surface area contributed by atoms with Gasteiger partial charge in [-0.05, 0) is 0 Å². The third kappa shape index (κ3) is 1.03. The lowest BCUT2D eigenvalue weighted by Crippen LogP contribution is -2.47. The first-order valence-electron chi connectivity index (χ1n) is 3.71. The van der Waals surface area contributed by atoms with E-state index in [1.165, 1.54) is 0 Å². The predicted octanol–water partition coefficient (Wildman–Crippen LogP) is -1.47. The monoisotopic (exact) mass is 143 g/mol. The van der Waals surface area contributed by atoms with Gasteiger partial charge in [0.15, 0.2) is 0 Å². The zero-order valence-electron chi connectivity index (χ0n) is 5.92. The Morgan fingerprint density at radius 3 is 3.20 bits per heavy atom. The highest BCUT2D eigenvalue weighted by Crippen LogP contribution is 2.12. The second kappa shape index (κ2) is 2.47. The van der Waals surface area contributed by atoms with E-state index in [9.17, 15) is 0 Å². The Hall–Kier alpha value is -0.160. The Labute approximate surface area is 60.3 Å². The highest BCUT2D eigenvalue weighted by molar-refractivity contribution is 4.90. The Kier molecular flexibility index (Phi) is 1.61. The number of hydrogen-bond donors (Lipinski definition) is 2. The molecule has 2 aliphatic rings. The van der Waals surface area contributed by atoms with Crippen LogP contribution < -0.4 is 11.2 Å². The molecule has 2 fully saturated rings. The molecule has 0 aromatic carbocycles. The molecule has 2 saturated heterocycles. The number of fused-ring (bicyclic) bond motifs is 1. The van der Waals surface area contributed by atoms with E-state index < -0.39 is 0 Å². The van der Waals surface area contributed by atoms with Crippen LogP contribution in [0.1, 0.15) is 0 Å². The minimum absolute atomic E-state index is 0.332. The van der Waals surface area contributed by atoms with Gasteiger partial charge >= 0.3 is 0 Å². The van der Waals surface area contributed by atoms with Crippen molar-refractivity contribution in [2.45, 2.75) is 12.1 Å². The number of nitrogens with zero attached hydrogens (tertiary/aromatic N) is 1. The number of nitrogens with one attached hydrogen (secondary N) is 1. The summed E-state index contributed by atoms with van der Waals surface area (Å²) in [5.41, 5.74) is 0. The van der Waals surface area contributed by atoms with Crippen molar-refractivity contribution in [3.8, 4) is 0 Å². The molecule has 3 N–H and O–H groups in total. The van der Waals surface area contributed by atoms with Crippen molar-refractivity contribution >= 4 is 0 Å². The maximum atomic E-state index is 5.61. The van der Waals surface area contributed by atoms with Crippen molar-refractivity contribution < 1.29 is 4.74 Å². The van der Waals surface area contributed by atoms with E-state index in [-0.39, 0.29) is 0 Å². The summed E-state index contributed by atoms with van der Waals surface area (Å²) in [6.45, 7) is 3.59. The molecule has 4 heteroatoms. The molecule has 58 valence electrons. The molecule has 2 atom stereocenters. The molecule has 0 aliphatic carbocycles. The molecule has 0 spiro atoms. The highest BCUT2D eigenvalue weighted by atomic mass is 16.5. The zero-order chi connectivity index (χ0) is 6.97. The smallest absolute Gasteiger partial charge is 0.0882 e. The first kappa shape index (κ1) is 6.54. The first-order chi connectivity index (χ1) is 4.86. The van der Waals surface area contributed by atoms with Crippen LogP contribution in [0, 0.1) is 0 Å². The third-order valence-electron chi connectivity index (χ3n) is 2.13. The average molecular weight is 143 g/mol. The topological polar surface area (TPSA) is 50.5 Å². The molecule has 0 aromatic heterocycles. The standard InChI is InChI=1S/C6H13N3O/c7-9-3-5-6(4-9)10-2-1-8-5/h5-6,8H,1-4,7H2. The van der Waals surface area contributed by atoms with E-state index in [0.717, 1.165) is 26.2 Å². The summed E-state index contributed by atoms with van der Waals surface area (Å²) >= 11 is 0. The summed E-state index contributed by atoms with van der Waals surface area (Å²) in [5.74, 6) is 5.61. The fourth-order valence-electron chi connectivity index (χ4n) is 1.62. The van der Waals surface area contributed by atoms with Crippen molar-refractivity contribution in [1.29, 1.82) is 0 Å². The van der Waals surface area contributed by atoms with Crippen LogP contribution in [0.15, 0.2) is 0 Å². The van der Waals surface area contributed by atoms with Crippen LogP contribution in [0.4, 0.5) is 0 Å². The van der Waals surface area contributed by atoms with Crippen LogP contribution in [0.25, 0.3) is 0 Å². The van der Waals surface area contributed by atoms with Gasteiger partial charge in [0, 0.05) is 25.7 Å². The number of hydrazine groups is 1. The highest BCUT2D eigenvalue weighted by Gasteiger charge is 2.33. The zero-order valence-corrected chi connectivity index (χ0v) is 5.92. The molecule has 0 bridgehead atoms. The SMILES string of the molecule is NN1CC2NCCOC2C1. The van der Waals surface area contributed by atoms with E-state index in [1.54, 1.807) is 0 Å². The Balaban J connectivity index is 1.97. The molecule has 2 aliphatic heterocycles. The van der Waals surface area contributed by atoms with Gasteiger partial charge in [-0.25, -0.2) is 5.01 Å². The largest absolute Gasteiger partial charge is 0.374 e. The van der Waals surface area contributed by atoms with Gasteiger partial charge in [0.05, 0.1) is 12.7 Å². The summed E-state index contributed by atoms with van der Waals surface area (Å²) in [5, 5.41) is 5.18. The molecule has 2 unspecified atom stereocenters. The maximum absolute atomic E-state index is 5.61. The summed E-state index contributed by atoms with van der Waals surface area (Å²) in [7, 11) is 0. The van der Waals surface area contributed by atoms with E-state index in [0.29, 0.717) is 12.1 Å². The van der Waals surface area contributed by atoms with Gasteiger partial charge in [0.25, 0.3) is 0 Å². The third-order valence-corrected chi connectivity index (χ3v) is 2.13. The van der Waals surface area contributed by atoms with Crippen LogP contribution in [-0.4, -0.2) is 43.4 Å². The summed E-state index contributed by atoms with van der Waals surface area (Å²) < 4.78 is 5.49. The molecule has 0 radical (unpaired) electrons. The lowest BCUT2D eigenvalue weighted by atomic mass is 10.2. The Bertz CT molecular complexity index is 116. The molecule has 0 saturated carbocycles. The predicted molar refractivity (Wildman–Crippen MR) is 37.3 cm³/mol. The van der Waals surface area contributed by atoms with Crippen molar-refractivity contribution in [3.63, 3.8) is 0 Å². The van der Waals surface area contributed by atoms with Crippen LogP contribution in [0.5, 0.6) is 0 Å². The number of hydrogen-bond acceptors (Lipinski definition) is 4. The number of rotatable bonds is 0. The molecule has 0 aromatic rings. The van der Waals surface area contributed by atoms with Crippen LogP contribution in [-0.2, 0) is 4.74 Å². The van der Waals surface area contributed by atoms with Crippen LogP contribution in [0.3, 0.4) is 0 Å². The number of nitrogens with two attached hydrogens (primary N) is 1. The molecular weight excluding hydrogens is 130 g/mol. The van der Waals surface area contributed by atoms with E-state index >= 15 is 0 Å². The summed E-state index contributed by atoms with van der Waals surface area (Å²) in [4.78, 5) is 0. The van der Waals surface area contributed by atoms with Crippen LogP contribution >= 0.6 is 0 Å². The molecule has 2 rings (SSSR count). The van der Waals surface area contributed by atoms with E-state index in [2.05, 4.69) is 5.32 Å². The molecule has 10 heavy (non-hydrogen) atoms. The quantitative estimate of drug-likeness (QED) is 0.407.